The highest BCUT2D eigenvalue weighted by molar-refractivity contribution is 7.17. The zero-order chi connectivity index (χ0) is 18.8. The number of nitrogens with one attached hydrogen (secondary N) is 1. The van der Waals surface area contributed by atoms with E-state index in [0.29, 0.717) is 20.7 Å². The zero-order valence-electron chi connectivity index (χ0n) is 14.3. The molecule has 0 unspecified atom stereocenters. The first-order chi connectivity index (χ1) is 13.1. The Hall–Kier alpha value is -2.90. The van der Waals surface area contributed by atoms with Gasteiger partial charge in [-0.05, 0) is 31.2 Å². The monoisotopic (exact) mass is 395 g/mol. The van der Waals surface area contributed by atoms with Crippen molar-refractivity contribution in [2.75, 3.05) is 5.32 Å². The molecule has 0 aliphatic heterocycles. The summed E-state index contributed by atoms with van der Waals surface area (Å²) in [5, 5.41) is 5.97. The van der Waals surface area contributed by atoms with Gasteiger partial charge in [-0.2, -0.15) is 0 Å². The number of hydrogen-bond acceptors (Lipinski definition) is 5. The number of carbonyl (C=O) groups is 1. The van der Waals surface area contributed by atoms with E-state index in [1.165, 1.54) is 34.8 Å². The van der Waals surface area contributed by atoms with Crippen LogP contribution >= 0.6 is 22.7 Å². The maximum absolute atomic E-state index is 13.1. The molecule has 0 atom stereocenters. The van der Waals surface area contributed by atoms with E-state index in [2.05, 4.69) is 15.3 Å². The number of aromatic nitrogens is 2. The molecule has 7 heteroatoms. The quantitative estimate of drug-likeness (QED) is 0.487. The average molecular weight is 395 g/mol. The number of anilines is 1. The molecule has 4 aromatic rings. The van der Waals surface area contributed by atoms with Crippen LogP contribution in [0.25, 0.3) is 21.8 Å². The molecular formula is C20H14FN3OS2. The summed E-state index contributed by atoms with van der Waals surface area (Å²) in [7, 11) is 0. The van der Waals surface area contributed by atoms with E-state index in [4.69, 9.17) is 0 Å². The maximum atomic E-state index is 13.1. The first kappa shape index (κ1) is 17.5. The van der Waals surface area contributed by atoms with Gasteiger partial charge >= 0.3 is 0 Å². The Balaban J connectivity index is 1.54. The van der Waals surface area contributed by atoms with Crippen LogP contribution in [0.15, 0.2) is 60.0 Å². The van der Waals surface area contributed by atoms with Crippen molar-refractivity contribution in [3.8, 4) is 21.8 Å². The molecule has 0 fully saturated rings. The molecule has 2 aromatic carbocycles. The molecule has 0 aliphatic rings. The van der Waals surface area contributed by atoms with Crippen LogP contribution in [0.5, 0.6) is 0 Å². The molecular weight excluding hydrogens is 381 g/mol. The second-order valence-electron chi connectivity index (χ2n) is 5.80. The normalized spacial score (nSPS) is 10.7. The Labute approximate surface area is 163 Å². The summed E-state index contributed by atoms with van der Waals surface area (Å²) < 4.78 is 13.1. The number of hydrogen-bond donors (Lipinski definition) is 1. The molecule has 0 bridgehead atoms. The number of aryl methyl sites for hydroxylation is 1. The van der Waals surface area contributed by atoms with Gasteiger partial charge in [0.05, 0.1) is 11.4 Å². The molecule has 0 saturated heterocycles. The third-order valence-electron chi connectivity index (χ3n) is 3.89. The van der Waals surface area contributed by atoms with Crippen molar-refractivity contribution in [3.63, 3.8) is 0 Å². The lowest BCUT2D eigenvalue weighted by Crippen LogP contribution is -2.11. The molecule has 0 radical (unpaired) electrons. The summed E-state index contributed by atoms with van der Waals surface area (Å²) in [6.45, 7) is 1.79. The number of carbonyl (C=O) groups excluding carboxylic acids is 1. The van der Waals surface area contributed by atoms with Gasteiger partial charge in [0.15, 0.2) is 5.13 Å². The lowest BCUT2D eigenvalue weighted by molar-refractivity contribution is 0.103. The minimum atomic E-state index is -0.303. The first-order valence-electron chi connectivity index (χ1n) is 8.16. The second-order valence-corrected chi connectivity index (χ2v) is 7.66. The fourth-order valence-corrected chi connectivity index (χ4v) is 4.23. The summed E-state index contributed by atoms with van der Waals surface area (Å²) in [5.41, 5.74) is 3.24. The van der Waals surface area contributed by atoms with Gasteiger partial charge in [-0.1, -0.05) is 30.3 Å². The first-order valence-corrected chi connectivity index (χ1v) is 9.85. The Morgan fingerprint density at radius 1 is 1.00 bits per heavy atom. The van der Waals surface area contributed by atoms with E-state index in [-0.39, 0.29) is 11.7 Å². The van der Waals surface area contributed by atoms with Crippen molar-refractivity contribution in [2.45, 2.75) is 6.92 Å². The lowest BCUT2D eigenvalue weighted by Gasteiger charge is -1.99. The molecule has 2 heterocycles. The van der Waals surface area contributed by atoms with Gasteiger partial charge in [-0.25, -0.2) is 14.4 Å². The number of benzene rings is 2. The largest absolute Gasteiger partial charge is 0.297 e. The molecule has 2 aromatic heterocycles. The molecule has 0 aliphatic carbocycles. The number of rotatable bonds is 4. The number of amides is 1. The predicted molar refractivity (Wildman–Crippen MR) is 108 cm³/mol. The molecule has 4 nitrogen and oxygen atoms in total. The van der Waals surface area contributed by atoms with Crippen LogP contribution in [-0.2, 0) is 0 Å². The van der Waals surface area contributed by atoms with Gasteiger partial charge in [0.25, 0.3) is 5.91 Å². The van der Waals surface area contributed by atoms with E-state index >= 15 is 0 Å². The predicted octanol–water partition coefficient (Wildman–Crippen LogP) is 5.63. The van der Waals surface area contributed by atoms with Gasteiger partial charge in [-0.15, -0.1) is 22.7 Å². The maximum Gasteiger partial charge on any atom is 0.269 e. The van der Waals surface area contributed by atoms with E-state index < -0.39 is 0 Å². The molecule has 0 spiro atoms. The van der Waals surface area contributed by atoms with Crippen molar-refractivity contribution in [1.29, 1.82) is 0 Å². The molecule has 1 amide bonds. The fraction of sp³-hybridized carbons (Fsp3) is 0.0500. The molecule has 1 N–H and O–H groups in total. The summed E-state index contributed by atoms with van der Waals surface area (Å²) in [6, 6.07) is 15.9. The van der Waals surface area contributed by atoms with Gasteiger partial charge < -0.3 is 0 Å². The average Bonchev–Trinajstić information content (AvgIpc) is 3.30. The minimum absolute atomic E-state index is 0.243. The zero-order valence-corrected chi connectivity index (χ0v) is 15.9. The number of halogens is 1. The smallest absolute Gasteiger partial charge is 0.269 e. The van der Waals surface area contributed by atoms with E-state index in [1.54, 1.807) is 19.1 Å². The van der Waals surface area contributed by atoms with Crippen LogP contribution in [0.4, 0.5) is 9.52 Å². The van der Waals surface area contributed by atoms with Crippen molar-refractivity contribution in [2.24, 2.45) is 0 Å². The van der Waals surface area contributed by atoms with E-state index in [9.17, 15) is 9.18 Å². The number of thiazole rings is 2. The van der Waals surface area contributed by atoms with Crippen LogP contribution in [0.3, 0.4) is 0 Å². The lowest BCUT2D eigenvalue weighted by atomic mass is 10.2. The molecule has 4 rings (SSSR count). The Kier molecular flexibility index (Phi) is 4.79. The summed E-state index contributed by atoms with van der Waals surface area (Å²) in [5.74, 6) is -0.546. The highest BCUT2D eigenvalue weighted by atomic mass is 32.1. The van der Waals surface area contributed by atoms with Crippen LogP contribution in [0, 0.1) is 12.7 Å². The summed E-state index contributed by atoms with van der Waals surface area (Å²) in [4.78, 5) is 22.1. The van der Waals surface area contributed by atoms with Crippen LogP contribution < -0.4 is 5.32 Å². The fourth-order valence-electron chi connectivity index (χ4n) is 2.55. The Morgan fingerprint density at radius 3 is 2.48 bits per heavy atom. The molecule has 0 saturated carbocycles. The standard InChI is InChI=1S/C20H14FN3OS2/c1-12-17(27-19(22-12)14-7-9-15(21)10-8-14)18(25)24-20-23-16(11-26-20)13-5-3-2-4-6-13/h2-11H,1H3,(H,23,24,25). The summed E-state index contributed by atoms with van der Waals surface area (Å²) >= 11 is 2.66. The second kappa shape index (κ2) is 7.38. The van der Waals surface area contributed by atoms with Crippen molar-refractivity contribution in [1.82, 2.24) is 9.97 Å². The van der Waals surface area contributed by atoms with Crippen molar-refractivity contribution < 1.29 is 9.18 Å². The molecule has 27 heavy (non-hydrogen) atoms. The van der Waals surface area contributed by atoms with Gasteiger partial charge in [0.1, 0.15) is 15.7 Å². The molecule has 134 valence electrons. The van der Waals surface area contributed by atoms with E-state index in [1.807, 2.05) is 35.7 Å². The topological polar surface area (TPSA) is 54.9 Å². The third kappa shape index (κ3) is 3.79. The van der Waals surface area contributed by atoms with Crippen LogP contribution in [-0.4, -0.2) is 15.9 Å². The van der Waals surface area contributed by atoms with Crippen LogP contribution in [0.1, 0.15) is 15.4 Å². The van der Waals surface area contributed by atoms with Gasteiger partial charge in [0, 0.05) is 16.5 Å². The third-order valence-corrected chi connectivity index (χ3v) is 5.85. The Morgan fingerprint density at radius 2 is 1.74 bits per heavy atom. The highest BCUT2D eigenvalue weighted by Gasteiger charge is 2.18. The van der Waals surface area contributed by atoms with Crippen molar-refractivity contribution in [3.05, 3.63) is 76.4 Å². The Bertz CT molecular complexity index is 1090. The van der Waals surface area contributed by atoms with Crippen LogP contribution in [0.2, 0.25) is 0 Å². The van der Waals surface area contributed by atoms with Gasteiger partial charge in [0.2, 0.25) is 0 Å². The highest BCUT2D eigenvalue weighted by Crippen LogP contribution is 2.30. The number of nitrogens with zero attached hydrogens (tertiary/aromatic N) is 2. The summed E-state index contributed by atoms with van der Waals surface area (Å²) in [6.07, 6.45) is 0. The minimum Gasteiger partial charge on any atom is -0.297 e. The van der Waals surface area contributed by atoms with Crippen molar-refractivity contribution >= 4 is 33.7 Å². The SMILES string of the molecule is Cc1nc(-c2ccc(F)cc2)sc1C(=O)Nc1nc(-c2ccccc2)cs1. The van der Waals surface area contributed by atoms with Gasteiger partial charge in [-0.3, -0.25) is 10.1 Å². The van der Waals surface area contributed by atoms with E-state index in [0.717, 1.165) is 16.8 Å².